The Hall–Kier alpha value is -1.02. The zero-order chi connectivity index (χ0) is 19.5. The fourth-order valence-electron chi connectivity index (χ4n) is 2.55. The quantitative estimate of drug-likeness (QED) is 0.185. The molecule has 0 bridgehead atoms. The normalized spacial score (nSPS) is 13.5. The van der Waals surface area contributed by atoms with Crippen molar-refractivity contribution in [3.63, 3.8) is 0 Å². The predicted octanol–water partition coefficient (Wildman–Crippen LogP) is 1.52. The Bertz CT molecular complexity index is 420. The van der Waals surface area contributed by atoms with Crippen LogP contribution in [0.5, 0.6) is 0 Å². The first kappa shape index (κ1) is 24.0. The van der Waals surface area contributed by atoms with E-state index in [0.29, 0.717) is 12.1 Å². The van der Waals surface area contributed by atoms with E-state index in [0.717, 1.165) is 45.0 Å². The van der Waals surface area contributed by atoms with Gasteiger partial charge in [-0.15, -0.1) is 0 Å². The lowest BCUT2D eigenvalue weighted by Crippen LogP contribution is -2.50. The minimum absolute atomic E-state index is 0.0947. The molecule has 0 saturated heterocycles. The average Bonchev–Trinajstić information content (AvgIpc) is 2.50. The van der Waals surface area contributed by atoms with E-state index in [4.69, 9.17) is 10.6 Å². The van der Waals surface area contributed by atoms with Crippen molar-refractivity contribution in [1.82, 2.24) is 20.9 Å². The van der Waals surface area contributed by atoms with E-state index in [-0.39, 0.29) is 11.1 Å². The summed E-state index contributed by atoms with van der Waals surface area (Å²) >= 11 is 0. The van der Waals surface area contributed by atoms with Gasteiger partial charge in [0.05, 0.1) is 11.3 Å². The molecule has 0 unspecified atom stereocenters. The minimum Gasteiger partial charge on any atom is -0.411 e. The van der Waals surface area contributed by atoms with E-state index in [2.05, 4.69) is 39.9 Å². The van der Waals surface area contributed by atoms with Crippen molar-refractivity contribution in [2.24, 2.45) is 5.16 Å². The highest BCUT2D eigenvalue weighted by atomic mass is 16.4. The summed E-state index contributed by atoms with van der Waals surface area (Å²) in [5.74, 6) is 0. The molecule has 0 spiro atoms. The molecule has 0 aromatic heterocycles. The molecule has 25 heavy (non-hydrogen) atoms. The molecule has 0 heterocycles. The van der Waals surface area contributed by atoms with Crippen molar-refractivity contribution in [2.75, 3.05) is 46.3 Å². The molecule has 0 fully saturated rings. The van der Waals surface area contributed by atoms with Crippen LogP contribution in [0.15, 0.2) is 5.16 Å². The third-order valence-electron chi connectivity index (χ3n) is 4.51. The second-order valence-electron chi connectivity index (χ2n) is 7.94. The van der Waals surface area contributed by atoms with Crippen LogP contribution in [0, 0.1) is 5.41 Å². The smallest absolute Gasteiger partial charge is 0.0558 e. The van der Waals surface area contributed by atoms with E-state index in [1.54, 1.807) is 0 Å². The van der Waals surface area contributed by atoms with Gasteiger partial charge in [-0.05, 0) is 48.6 Å². The molecule has 0 amide bonds. The third-order valence-corrected chi connectivity index (χ3v) is 4.51. The molecule has 0 atom stereocenters. The lowest BCUT2D eigenvalue weighted by molar-refractivity contribution is 0.254. The van der Waals surface area contributed by atoms with Crippen molar-refractivity contribution in [1.29, 1.82) is 5.41 Å². The maximum atomic E-state index is 8.83. The van der Waals surface area contributed by atoms with Gasteiger partial charge in [0.1, 0.15) is 0 Å². The number of oxime groups is 1. The second-order valence-corrected chi connectivity index (χ2v) is 7.94. The summed E-state index contributed by atoms with van der Waals surface area (Å²) in [6.07, 6.45) is 0.717. The molecule has 0 rings (SSSR count). The summed E-state index contributed by atoms with van der Waals surface area (Å²) in [6, 6.07) is 0. The van der Waals surface area contributed by atoms with Gasteiger partial charge in [-0.25, -0.2) is 0 Å². The highest BCUT2D eigenvalue weighted by Crippen LogP contribution is 2.09. The van der Waals surface area contributed by atoms with Gasteiger partial charge in [-0.2, -0.15) is 0 Å². The van der Waals surface area contributed by atoms with Gasteiger partial charge in [0, 0.05) is 56.9 Å². The summed E-state index contributed by atoms with van der Waals surface area (Å²) in [4.78, 5) is 2.41. The SMILES string of the molecule is CNCCN(CCNC(C)(C)C/C(C)=N\O)CCNC(C)(C)C(C)=N. The second kappa shape index (κ2) is 11.6. The lowest BCUT2D eigenvalue weighted by Gasteiger charge is -2.30. The molecule has 0 aromatic carbocycles. The van der Waals surface area contributed by atoms with E-state index >= 15 is 0 Å². The van der Waals surface area contributed by atoms with Crippen LogP contribution in [0.1, 0.15) is 48.0 Å². The van der Waals surface area contributed by atoms with Crippen LogP contribution < -0.4 is 16.0 Å². The summed E-state index contributed by atoms with van der Waals surface area (Å²) in [5.41, 5.74) is 1.04. The van der Waals surface area contributed by atoms with Crippen LogP contribution in [0.25, 0.3) is 0 Å². The number of rotatable bonds is 14. The Balaban J connectivity index is 4.37. The fraction of sp³-hybridized carbons (Fsp3) is 0.889. The van der Waals surface area contributed by atoms with Crippen molar-refractivity contribution >= 4 is 11.4 Å². The Labute approximate surface area is 154 Å². The molecular formula is C18H40N6O. The monoisotopic (exact) mass is 356 g/mol. The molecular weight excluding hydrogens is 316 g/mol. The molecule has 7 nitrogen and oxygen atoms in total. The Morgan fingerprint density at radius 2 is 1.52 bits per heavy atom. The zero-order valence-corrected chi connectivity index (χ0v) is 17.3. The summed E-state index contributed by atoms with van der Waals surface area (Å²) in [7, 11) is 1.97. The van der Waals surface area contributed by atoms with Crippen molar-refractivity contribution in [3.8, 4) is 0 Å². The van der Waals surface area contributed by atoms with Crippen LogP contribution in [0.3, 0.4) is 0 Å². The van der Waals surface area contributed by atoms with Crippen LogP contribution >= 0.6 is 0 Å². The van der Waals surface area contributed by atoms with Gasteiger partial charge in [-0.1, -0.05) is 5.16 Å². The summed E-state index contributed by atoms with van der Waals surface area (Å²) < 4.78 is 0. The van der Waals surface area contributed by atoms with Crippen molar-refractivity contribution in [2.45, 2.75) is 59.0 Å². The van der Waals surface area contributed by atoms with Crippen molar-refractivity contribution in [3.05, 3.63) is 0 Å². The van der Waals surface area contributed by atoms with E-state index in [9.17, 15) is 0 Å². The largest absolute Gasteiger partial charge is 0.411 e. The number of hydrogen-bond donors (Lipinski definition) is 5. The molecule has 0 saturated carbocycles. The van der Waals surface area contributed by atoms with Crippen LogP contribution in [0.2, 0.25) is 0 Å². The molecule has 5 N–H and O–H groups in total. The molecule has 0 aliphatic carbocycles. The zero-order valence-electron chi connectivity index (χ0n) is 17.3. The standard InChI is InChI=1S/C18H40N6O/c1-15(23-25)14-17(3,4)21-9-12-24(11-8-20-7)13-10-22-18(5,6)16(2)19/h19-22,25H,8-14H2,1-7H3/b19-16?,23-15-. The fourth-order valence-corrected chi connectivity index (χ4v) is 2.55. The molecule has 0 aliphatic heterocycles. The third kappa shape index (κ3) is 11.3. The van der Waals surface area contributed by atoms with Gasteiger partial charge >= 0.3 is 0 Å². The predicted molar refractivity (Wildman–Crippen MR) is 107 cm³/mol. The minimum atomic E-state index is -0.254. The molecule has 7 heteroatoms. The molecule has 0 aliphatic rings. The van der Waals surface area contributed by atoms with Gasteiger partial charge in [0.15, 0.2) is 0 Å². The molecule has 0 aromatic rings. The van der Waals surface area contributed by atoms with E-state index in [1.807, 2.05) is 34.7 Å². The first-order valence-corrected chi connectivity index (χ1v) is 9.14. The topological polar surface area (TPSA) is 95.8 Å². The van der Waals surface area contributed by atoms with Crippen molar-refractivity contribution < 1.29 is 5.21 Å². The Kier molecular flexibility index (Phi) is 11.1. The molecule has 148 valence electrons. The molecule has 0 radical (unpaired) electrons. The van der Waals surface area contributed by atoms with Crippen LogP contribution in [0.4, 0.5) is 0 Å². The number of hydrogen-bond acceptors (Lipinski definition) is 7. The summed E-state index contributed by atoms with van der Waals surface area (Å²) in [6.45, 7) is 17.6. The lowest BCUT2D eigenvalue weighted by atomic mass is 9.98. The highest BCUT2D eigenvalue weighted by Gasteiger charge is 2.20. The van der Waals surface area contributed by atoms with E-state index in [1.165, 1.54) is 0 Å². The maximum Gasteiger partial charge on any atom is 0.0558 e. The first-order chi connectivity index (χ1) is 11.5. The van der Waals surface area contributed by atoms with Gasteiger partial charge in [0.2, 0.25) is 0 Å². The van der Waals surface area contributed by atoms with Gasteiger partial charge < -0.3 is 26.6 Å². The highest BCUT2D eigenvalue weighted by molar-refractivity contribution is 5.87. The van der Waals surface area contributed by atoms with E-state index < -0.39 is 0 Å². The number of likely N-dealkylation sites (N-methyl/N-ethyl adjacent to an activating group) is 1. The average molecular weight is 357 g/mol. The van der Waals surface area contributed by atoms with Gasteiger partial charge in [-0.3, -0.25) is 4.90 Å². The number of nitrogens with zero attached hydrogens (tertiary/aromatic N) is 2. The van der Waals surface area contributed by atoms with Gasteiger partial charge in [0.25, 0.3) is 0 Å². The summed E-state index contributed by atoms with van der Waals surface area (Å²) in [5, 5.41) is 30.1. The van der Waals surface area contributed by atoms with Crippen LogP contribution in [-0.4, -0.2) is 78.9 Å². The van der Waals surface area contributed by atoms with Crippen LogP contribution in [-0.2, 0) is 0 Å². The first-order valence-electron chi connectivity index (χ1n) is 9.14. The Morgan fingerprint density at radius 1 is 1.00 bits per heavy atom. The number of nitrogens with one attached hydrogen (secondary N) is 4. The maximum absolute atomic E-state index is 8.83. The Morgan fingerprint density at radius 3 is 2.00 bits per heavy atom.